The number of rotatable bonds is 8. The Bertz CT molecular complexity index is 1370. The van der Waals surface area contributed by atoms with Gasteiger partial charge in [0.25, 0.3) is 5.91 Å². The molecule has 1 aliphatic carbocycles. The highest BCUT2D eigenvalue weighted by Gasteiger charge is 2.50. The Kier molecular flexibility index (Phi) is 7.72. The standard InChI is InChI=1S/C31H30N2O6/c1-2-38-25-14-12-23(13-15-25)32-28(34)19-39-31(37)22-9-6-10-24(17-22)33-29(35)26-16-11-21(18-27(26)30(33)36)20-7-4-3-5-8-20/h3-10,12-15,17,21,26-27H,2,11,16,18-19H2,1H3,(H,32,34)/t21-,26+,27-/m0/s1. The van der Waals surface area contributed by atoms with E-state index in [2.05, 4.69) is 17.4 Å². The smallest absolute Gasteiger partial charge is 0.338 e. The third-order valence-corrected chi connectivity index (χ3v) is 7.32. The molecule has 3 atom stereocenters. The van der Waals surface area contributed by atoms with E-state index in [1.165, 1.54) is 22.6 Å². The molecule has 0 bridgehead atoms. The predicted molar refractivity (Wildman–Crippen MR) is 145 cm³/mol. The van der Waals surface area contributed by atoms with Crippen molar-refractivity contribution in [3.63, 3.8) is 0 Å². The van der Waals surface area contributed by atoms with Crippen molar-refractivity contribution in [1.29, 1.82) is 0 Å². The van der Waals surface area contributed by atoms with Gasteiger partial charge in [0.15, 0.2) is 6.61 Å². The van der Waals surface area contributed by atoms with Gasteiger partial charge in [-0.15, -0.1) is 0 Å². The van der Waals surface area contributed by atoms with E-state index in [1.807, 2.05) is 25.1 Å². The summed E-state index contributed by atoms with van der Waals surface area (Å²) in [4.78, 5) is 52.8. The molecule has 3 aromatic rings. The molecule has 200 valence electrons. The van der Waals surface area contributed by atoms with E-state index >= 15 is 0 Å². The van der Waals surface area contributed by atoms with E-state index < -0.39 is 18.5 Å². The molecule has 5 rings (SSSR count). The Morgan fingerprint density at radius 2 is 1.64 bits per heavy atom. The number of hydrogen-bond donors (Lipinski definition) is 1. The second kappa shape index (κ2) is 11.5. The van der Waals surface area contributed by atoms with Crippen molar-refractivity contribution in [1.82, 2.24) is 0 Å². The van der Waals surface area contributed by atoms with Crippen LogP contribution in [0, 0.1) is 11.8 Å². The van der Waals surface area contributed by atoms with Gasteiger partial charge in [-0.1, -0.05) is 36.4 Å². The molecule has 0 aromatic heterocycles. The molecule has 39 heavy (non-hydrogen) atoms. The molecule has 3 aromatic carbocycles. The zero-order valence-electron chi connectivity index (χ0n) is 21.7. The van der Waals surface area contributed by atoms with Crippen LogP contribution in [0.15, 0.2) is 78.9 Å². The van der Waals surface area contributed by atoms with Crippen molar-refractivity contribution in [2.75, 3.05) is 23.4 Å². The molecule has 0 spiro atoms. The number of carbonyl (C=O) groups is 4. The van der Waals surface area contributed by atoms with Crippen LogP contribution in [0.25, 0.3) is 0 Å². The molecule has 1 saturated carbocycles. The van der Waals surface area contributed by atoms with Gasteiger partial charge in [-0.2, -0.15) is 0 Å². The number of carbonyl (C=O) groups excluding carboxylic acids is 4. The predicted octanol–water partition coefficient (Wildman–Crippen LogP) is 4.95. The van der Waals surface area contributed by atoms with Crippen LogP contribution in [0.3, 0.4) is 0 Å². The molecule has 1 aliphatic heterocycles. The fraction of sp³-hybridized carbons (Fsp3) is 0.290. The van der Waals surface area contributed by atoms with Crippen molar-refractivity contribution in [2.24, 2.45) is 11.8 Å². The summed E-state index contributed by atoms with van der Waals surface area (Å²) >= 11 is 0. The molecular weight excluding hydrogens is 496 g/mol. The fourth-order valence-electron chi connectivity index (χ4n) is 5.45. The van der Waals surface area contributed by atoms with Gasteiger partial charge in [0, 0.05) is 5.69 Å². The summed E-state index contributed by atoms with van der Waals surface area (Å²) in [6.45, 7) is 1.94. The number of fused-ring (bicyclic) bond motifs is 1. The lowest BCUT2D eigenvalue weighted by Crippen LogP contribution is -2.31. The molecule has 1 heterocycles. The van der Waals surface area contributed by atoms with Gasteiger partial charge in [-0.25, -0.2) is 4.79 Å². The van der Waals surface area contributed by atoms with E-state index in [1.54, 1.807) is 36.4 Å². The number of ether oxygens (including phenoxy) is 2. The van der Waals surface area contributed by atoms with E-state index in [0.29, 0.717) is 36.6 Å². The molecule has 8 nitrogen and oxygen atoms in total. The van der Waals surface area contributed by atoms with Gasteiger partial charge in [0.05, 0.1) is 29.7 Å². The zero-order chi connectivity index (χ0) is 27.4. The minimum Gasteiger partial charge on any atom is -0.494 e. The number of benzene rings is 3. The summed E-state index contributed by atoms with van der Waals surface area (Å²) in [7, 11) is 0. The van der Waals surface area contributed by atoms with E-state index in [9.17, 15) is 19.2 Å². The average molecular weight is 527 g/mol. The van der Waals surface area contributed by atoms with Gasteiger partial charge >= 0.3 is 5.97 Å². The van der Waals surface area contributed by atoms with Crippen molar-refractivity contribution < 1.29 is 28.7 Å². The summed E-state index contributed by atoms with van der Waals surface area (Å²) in [6.07, 6.45) is 2.13. The number of esters is 1. The van der Waals surface area contributed by atoms with Crippen molar-refractivity contribution in [2.45, 2.75) is 32.1 Å². The Morgan fingerprint density at radius 3 is 2.38 bits per heavy atom. The third-order valence-electron chi connectivity index (χ3n) is 7.32. The minimum atomic E-state index is -0.723. The maximum Gasteiger partial charge on any atom is 0.338 e. The Labute approximate surface area is 226 Å². The number of imide groups is 1. The monoisotopic (exact) mass is 526 g/mol. The van der Waals surface area contributed by atoms with Gasteiger partial charge < -0.3 is 14.8 Å². The third kappa shape index (κ3) is 5.70. The van der Waals surface area contributed by atoms with Gasteiger partial charge in [-0.05, 0) is 80.1 Å². The van der Waals surface area contributed by atoms with E-state index in [4.69, 9.17) is 9.47 Å². The molecule has 0 radical (unpaired) electrons. The molecule has 2 aliphatic rings. The molecule has 3 amide bonds. The van der Waals surface area contributed by atoms with Crippen LogP contribution in [0.4, 0.5) is 11.4 Å². The van der Waals surface area contributed by atoms with Crippen LogP contribution in [-0.4, -0.2) is 36.9 Å². The van der Waals surface area contributed by atoms with Crippen LogP contribution in [-0.2, 0) is 19.1 Å². The average Bonchev–Trinajstić information content (AvgIpc) is 3.22. The minimum absolute atomic E-state index is 0.152. The first-order chi connectivity index (χ1) is 18.9. The summed E-state index contributed by atoms with van der Waals surface area (Å²) < 4.78 is 10.6. The molecule has 8 heteroatoms. The van der Waals surface area contributed by atoms with Crippen molar-refractivity contribution in [3.8, 4) is 5.75 Å². The maximum absolute atomic E-state index is 13.4. The van der Waals surface area contributed by atoms with Crippen LogP contribution in [0.5, 0.6) is 5.75 Å². The highest BCUT2D eigenvalue weighted by atomic mass is 16.5. The summed E-state index contributed by atoms with van der Waals surface area (Å²) in [5.74, 6) is -1.48. The highest BCUT2D eigenvalue weighted by Crippen LogP contribution is 2.45. The lowest BCUT2D eigenvalue weighted by molar-refractivity contribution is -0.122. The first-order valence-corrected chi connectivity index (χ1v) is 13.2. The van der Waals surface area contributed by atoms with E-state index in [0.717, 1.165) is 6.42 Å². The molecular formula is C31H30N2O6. The van der Waals surface area contributed by atoms with Crippen LogP contribution in [0.1, 0.15) is 48.0 Å². The topological polar surface area (TPSA) is 102 Å². The second-order valence-corrected chi connectivity index (χ2v) is 9.78. The zero-order valence-corrected chi connectivity index (χ0v) is 21.7. The number of hydrogen-bond acceptors (Lipinski definition) is 6. The largest absolute Gasteiger partial charge is 0.494 e. The molecule has 0 unspecified atom stereocenters. The van der Waals surface area contributed by atoms with Crippen LogP contribution in [0.2, 0.25) is 0 Å². The lowest BCUT2D eigenvalue weighted by atomic mass is 9.73. The van der Waals surface area contributed by atoms with Gasteiger partial charge in [0.1, 0.15) is 5.75 Å². The summed E-state index contributed by atoms with van der Waals surface area (Å²) in [5.41, 5.74) is 2.22. The SMILES string of the molecule is CCOc1ccc(NC(=O)COC(=O)c2cccc(N3C(=O)[C@H]4C[C@@H](c5ccccc5)CC[C@H]4C3=O)c2)cc1. The Hall–Kier alpha value is -4.46. The van der Waals surface area contributed by atoms with Crippen molar-refractivity contribution >= 4 is 35.1 Å². The lowest BCUT2D eigenvalue weighted by Gasteiger charge is -2.28. The quantitative estimate of drug-likeness (QED) is 0.329. The molecule has 2 fully saturated rings. The number of anilines is 2. The first kappa shape index (κ1) is 26.2. The molecule has 1 saturated heterocycles. The number of nitrogens with one attached hydrogen (secondary N) is 1. The van der Waals surface area contributed by atoms with E-state index in [-0.39, 0.29) is 35.1 Å². The van der Waals surface area contributed by atoms with Gasteiger partial charge in [-0.3, -0.25) is 19.3 Å². The van der Waals surface area contributed by atoms with Crippen molar-refractivity contribution in [3.05, 3.63) is 90.0 Å². The van der Waals surface area contributed by atoms with Gasteiger partial charge in [0.2, 0.25) is 11.8 Å². The summed E-state index contributed by atoms with van der Waals surface area (Å²) in [5, 5.41) is 2.66. The Morgan fingerprint density at radius 1 is 0.897 bits per heavy atom. The first-order valence-electron chi connectivity index (χ1n) is 13.2. The highest BCUT2D eigenvalue weighted by molar-refractivity contribution is 6.22. The van der Waals surface area contributed by atoms with Crippen LogP contribution >= 0.6 is 0 Å². The Balaban J connectivity index is 1.21. The number of amides is 3. The fourth-order valence-corrected chi connectivity index (χ4v) is 5.45. The maximum atomic E-state index is 13.4. The summed E-state index contributed by atoms with van der Waals surface area (Å²) in [6, 6.07) is 23.2. The molecule has 1 N–H and O–H groups in total. The normalized spacial score (nSPS) is 20.3. The van der Waals surface area contributed by atoms with Crippen LogP contribution < -0.4 is 15.0 Å². The number of nitrogens with zero attached hydrogens (tertiary/aromatic N) is 1. The second-order valence-electron chi connectivity index (χ2n) is 9.78.